The fourth-order valence-corrected chi connectivity index (χ4v) is 2.11. The number of hydrogen-bond donors (Lipinski definition) is 0. The van der Waals surface area contributed by atoms with Crippen molar-refractivity contribution in [3.63, 3.8) is 0 Å². The molecule has 0 amide bonds. The molecular formula is C19H22N2O3. The van der Waals surface area contributed by atoms with Gasteiger partial charge in [-0.3, -0.25) is 4.79 Å². The SMILES string of the molecule is CCOC(=O)C(=O)/C(C#N)=C/C=C/c1ccc(N(CC)CC)cc1. The van der Waals surface area contributed by atoms with Crippen LogP contribution in [0.5, 0.6) is 0 Å². The zero-order chi connectivity index (χ0) is 17.9. The number of carbonyl (C=O) groups is 2. The highest BCUT2D eigenvalue weighted by Gasteiger charge is 2.19. The monoisotopic (exact) mass is 326 g/mol. The average Bonchev–Trinajstić information content (AvgIpc) is 2.60. The van der Waals surface area contributed by atoms with Gasteiger partial charge in [0.1, 0.15) is 11.6 Å². The van der Waals surface area contributed by atoms with Gasteiger partial charge in [0, 0.05) is 18.8 Å². The second-order valence-corrected chi connectivity index (χ2v) is 4.86. The van der Waals surface area contributed by atoms with Crippen LogP contribution in [0, 0.1) is 11.3 Å². The minimum Gasteiger partial charge on any atom is -0.460 e. The molecule has 0 aliphatic rings. The molecule has 0 bridgehead atoms. The predicted octanol–water partition coefficient (Wildman–Crippen LogP) is 3.13. The molecule has 1 rings (SSSR count). The van der Waals surface area contributed by atoms with E-state index in [1.807, 2.05) is 24.3 Å². The topological polar surface area (TPSA) is 70.4 Å². The van der Waals surface area contributed by atoms with Crippen molar-refractivity contribution < 1.29 is 14.3 Å². The summed E-state index contributed by atoms with van der Waals surface area (Å²) in [6, 6.07) is 9.67. The summed E-state index contributed by atoms with van der Waals surface area (Å²) in [7, 11) is 0. The number of ketones is 1. The molecule has 0 radical (unpaired) electrons. The fraction of sp³-hybridized carbons (Fsp3) is 0.316. The third-order valence-electron chi connectivity index (χ3n) is 3.40. The number of anilines is 1. The van der Waals surface area contributed by atoms with Gasteiger partial charge < -0.3 is 9.64 Å². The molecule has 0 unspecified atom stereocenters. The zero-order valence-corrected chi connectivity index (χ0v) is 14.3. The highest BCUT2D eigenvalue weighted by atomic mass is 16.5. The summed E-state index contributed by atoms with van der Waals surface area (Å²) >= 11 is 0. The Balaban J connectivity index is 2.82. The molecule has 1 aromatic carbocycles. The van der Waals surface area contributed by atoms with Gasteiger partial charge in [0.15, 0.2) is 0 Å². The summed E-state index contributed by atoms with van der Waals surface area (Å²) in [4.78, 5) is 25.3. The Morgan fingerprint density at radius 3 is 2.29 bits per heavy atom. The summed E-state index contributed by atoms with van der Waals surface area (Å²) in [6.45, 7) is 7.78. The lowest BCUT2D eigenvalue weighted by Gasteiger charge is -2.20. The molecule has 0 saturated carbocycles. The Hall–Kier alpha value is -2.87. The number of esters is 1. The quantitative estimate of drug-likeness (QED) is 0.241. The van der Waals surface area contributed by atoms with E-state index in [9.17, 15) is 9.59 Å². The molecule has 24 heavy (non-hydrogen) atoms. The van der Waals surface area contributed by atoms with E-state index in [0.29, 0.717) is 0 Å². The predicted molar refractivity (Wildman–Crippen MR) is 94.4 cm³/mol. The molecule has 126 valence electrons. The molecular weight excluding hydrogens is 304 g/mol. The van der Waals surface area contributed by atoms with Crippen molar-refractivity contribution in [2.75, 3.05) is 24.6 Å². The van der Waals surface area contributed by atoms with Gasteiger partial charge in [-0.15, -0.1) is 0 Å². The molecule has 1 aromatic rings. The lowest BCUT2D eigenvalue weighted by atomic mass is 10.1. The van der Waals surface area contributed by atoms with Crippen molar-refractivity contribution >= 4 is 23.5 Å². The molecule has 5 nitrogen and oxygen atoms in total. The van der Waals surface area contributed by atoms with E-state index in [1.54, 1.807) is 25.1 Å². The standard InChI is InChI=1S/C19H22N2O3/c1-4-21(5-2)17-12-10-15(11-13-17)8-7-9-16(14-20)18(22)19(23)24-6-3/h7-13H,4-6H2,1-3H3/b8-7+,16-9+. The molecule has 0 atom stereocenters. The first-order chi connectivity index (χ1) is 11.6. The Bertz CT molecular complexity index is 663. The first-order valence-corrected chi connectivity index (χ1v) is 7.92. The largest absolute Gasteiger partial charge is 0.460 e. The van der Waals surface area contributed by atoms with Crippen LogP contribution < -0.4 is 4.90 Å². The van der Waals surface area contributed by atoms with Gasteiger partial charge in [0.05, 0.1) is 6.61 Å². The van der Waals surface area contributed by atoms with Gasteiger partial charge in [0.2, 0.25) is 0 Å². The molecule has 0 spiro atoms. The molecule has 0 heterocycles. The maximum atomic E-state index is 11.7. The third-order valence-corrected chi connectivity index (χ3v) is 3.40. The lowest BCUT2D eigenvalue weighted by Crippen LogP contribution is -2.21. The van der Waals surface area contributed by atoms with Crippen molar-refractivity contribution in [2.24, 2.45) is 0 Å². The van der Waals surface area contributed by atoms with Gasteiger partial charge in [-0.25, -0.2) is 4.79 Å². The summed E-state index contributed by atoms with van der Waals surface area (Å²) in [5, 5.41) is 8.98. The molecule has 0 saturated heterocycles. The minimum atomic E-state index is -1.01. The van der Waals surface area contributed by atoms with Crippen molar-refractivity contribution in [2.45, 2.75) is 20.8 Å². The minimum absolute atomic E-state index is 0.0952. The smallest absolute Gasteiger partial charge is 0.380 e. The van der Waals surface area contributed by atoms with Crippen LogP contribution >= 0.6 is 0 Å². The lowest BCUT2D eigenvalue weighted by molar-refractivity contribution is -0.151. The Morgan fingerprint density at radius 1 is 1.17 bits per heavy atom. The Labute approximate surface area is 142 Å². The van der Waals surface area contributed by atoms with Crippen LogP contribution in [0.3, 0.4) is 0 Å². The highest BCUT2D eigenvalue weighted by Crippen LogP contribution is 2.15. The van der Waals surface area contributed by atoms with E-state index in [2.05, 4.69) is 23.5 Å². The molecule has 5 heteroatoms. The van der Waals surface area contributed by atoms with Crippen LogP contribution in [0.15, 0.2) is 42.0 Å². The van der Waals surface area contributed by atoms with Crippen molar-refractivity contribution in [1.29, 1.82) is 5.26 Å². The normalized spacial score (nSPS) is 11.2. The summed E-state index contributed by atoms with van der Waals surface area (Å²) in [5.74, 6) is -1.94. The van der Waals surface area contributed by atoms with E-state index in [1.165, 1.54) is 6.08 Å². The summed E-state index contributed by atoms with van der Waals surface area (Å²) in [5.41, 5.74) is 1.83. The average molecular weight is 326 g/mol. The van der Waals surface area contributed by atoms with Crippen molar-refractivity contribution in [3.05, 3.63) is 47.6 Å². The van der Waals surface area contributed by atoms with Crippen LogP contribution in [-0.2, 0) is 14.3 Å². The van der Waals surface area contributed by atoms with Gasteiger partial charge in [-0.1, -0.05) is 24.3 Å². The second-order valence-electron chi connectivity index (χ2n) is 4.86. The van der Waals surface area contributed by atoms with Crippen LogP contribution in [0.25, 0.3) is 6.08 Å². The fourth-order valence-electron chi connectivity index (χ4n) is 2.11. The number of hydrogen-bond acceptors (Lipinski definition) is 5. The zero-order valence-electron chi connectivity index (χ0n) is 14.3. The van der Waals surface area contributed by atoms with Crippen molar-refractivity contribution in [1.82, 2.24) is 0 Å². The van der Waals surface area contributed by atoms with Crippen LogP contribution in [0.4, 0.5) is 5.69 Å². The molecule has 0 aliphatic carbocycles. The van der Waals surface area contributed by atoms with E-state index in [0.717, 1.165) is 24.3 Å². The first-order valence-electron chi connectivity index (χ1n) is 7.92. The number of nitriles is 1. The van der Waals surface area contributed by atoms with E-state index in [-0.39, 0.29) is 12.2 Å². The molecule has 0 aliphatic heterocycles. The summed E-state index contributed by atoms with van der Waals surface area (Å²) < 4.78 is 4.60. The van der Waals surface area contributed by atoms with Gasteiger partial charge >= 0.3 is 5.97 Å². The first kappa shape index (κ1) is 19.2. The van der Waals surface area contributed by atoms with Gasteiger partial charge in [-0.05, 0) is 44.5 Å². The van der Waals surface area contributed by atoms with E-state index >= 15 is 0 Å². The molecule has 0 aromatic heterocycles. The number of allylic oxidation sites excluding steroid dienone is 2. The molecule has 0 fully saturated rings. The Kier molecular flexibility index (Phi) is 8.00. The van der Waals surface area contributed by atoms with Crippen molar-refractivity contribution in [3.8, 4) is 6.07 Å². The summed E-state index contributed by atoms with van der Waals surface area (Å²) in [6.07, 6.45) is 4.65. The van der Waals surface area contributed by atoms with Gasteiger partial charge in [0.25, 0.3) is 5.78 Å². The number of carbonyl (C=O) groups excluding carboxylic acids is 2. The van der Waals surface area contributed by atoms with Gasteiger partial charge in [-0.2, -0.15) is 5.26 Å². The Morgan fingerprint density at radius 2 is 1.79 bits per heavy atom. The van der Waals surface area contributed by atoms with E-state index < -0.39 is 11.8 Å². The maximum absolute atomic E-state index is 11.7. The third kappa shape index (κ3) is 5.40. The number of benzene rings is 1. The van der Waals surface area contributed by atoms with Crippen LogP contribution in [-0.4, -0.2) is 31.4 Å². The maximum Gasteiger partial charge on any atom is 0.380 e. The van der Waals surface area contributed by atoms with Crippen LogP contribution in [0.2, 0.25) is 0 Å². The second kappa shape index (κ2) is 10.0. The number of ether oxygens (including phenoxy) is 1. The van der Waals surface area contributed by atoms with E-state index in [4.69, 9.17) is 5.26 Å². The number of rotatable bonds is 8. The number of nitrogens with zero attached hydrogens (tertiary/aromatic N) is 2. The highest BCUT2D eigenvalue weighted by molar-refractivity contribution is 6.41. The van der Waals surface area contributed by atoms with Crippen LogP contribution in [0.1, 0.15) is 26.3 Å². The molecule has 0 N–H and O–H groups in total. The number of Topliss-reactive ketones (excluding diaryl/α,β-unsaturated/α-hetero) is 1.